The van der Waals surface area contributed by atoms with E-state index in [4.69, 9.17) is 5.11 Å². The van der Waals surface area contributed by atoms with Crippen LogP contribution in [0.4, 0.5) is 0 Å². The monoisotopic (exact) mass is 418 g/mol. The van der Waals surface area contributed by atoms with Crippen LogP contribution >= 0.6 is 0 Å². The first-order chi connectivity index (χ1) is 14.6. The molecular weight excluding hydrogens is 364 g/mol. The molecule has 3 rings (SSSR count). The van der Waals surface area contributed by atoms with E-state index in [1.165, 1.54) is 89.9 Å². The first-order valence-electron chi connectivity index (χ1n) is 14.2. The second-order valence-corrected chi connectivity index (χ2v) is 11.9. The van der Waals surface area contributed by atoms with Gasteiger partial charge < -0.3 is 5.11 Å². The van der Waals surface area contributed by atoms with Crippen molar-refractivity contribution in [3.8, 4) is 0 Å². The van der Waals surface area contributed by atoms with Gasteiger partial charge in [0.1, 0.15) is 0 Å². The van der Waals surface area contributed by atoms with Gasteiger partial charge in [-0.2, -0.15) is 0 Å². The number of aliphatic hydroxyl groups excluding tert-OH is 1. The molecule has 1 heteroatoms. The Balaban J connectivity index is 1.46. The Hall–Kier alpha value is -0.0400. The molecule has 0 aromatic heterocycles. The predicted octanol–water partition coefficient (Wildman–Crippen LogP) is 8.64. The summed E-state index contributed by atoms with van der Waals surface area (Å²) in [5, 5.41) is 9.11. The standard InChI is InChI=1S/C29H54O/c1-4-26-20-24(8-6-7-19-30)15-17-28(26)29-18-16-25(21-27(29)5-2)14-13-23-11-9-22(3)10-12-23/h22-30H,4-21H2,1-3H3. The van der Waals surface area contributed by atoms with Gasteiger partial charge in [0.25, 0.3) is 0 Å². The molecule has 0 heterocycles. The van der Waals surface area contributed by atoms with Gasteiger partial charge >= 0.3 is 0 Å². The van der Waals surface area contributed by atoms with Crippen LogP contribution in [-0.4, -0.2) is 11.7 Å². The van der Waals surface area contributed by atoms with E-state index in [-0.39, 0.29) is 0 Å². The SMILES string of the molecule is CCC1CC(CCCCO)CCC1C1CCC(CCC2CCC(C)CC2)CC1CC. The van der Waals surface area contributed by atoms with Gasteiger partial charge in [0, 0.05) is 6.61 Å². The number of hydrogen-bond acceptors (Lipinski definition) is 1. The van der Waals surface area contributed by atoms with Crippen molar-refractivity contribution in [2.75, 3.05) is 6.61 Å². The molecule has 176 valence electrons. The van der Waals surface area contributed by atoms with Gasteiger partial charge in [0.05, 0.1) is 0 Å². The van der Waals surface area contributed by atoms with Crippen LogP contribution in [0.2, 0.25) is 0 Å². The molecule has 3 saturated carbocycles. The van der Waals surface area contributed by atoms with Crippen molar-refractivity contribution in [3.63, 3.8) is 0 Å². The van der Waals surface area contributed by atoms with Gasteiger partial charge in [-0.15, -0.1) is 0 Å². The van der Waals surface area contributed by atoms with Crippen molar-refractivity contribution in [2.45, 2.75) is 130 Å². The summed E-state index contributed by atoms with van der Waals surface area (Å²) >= 11 is 0. The largest absolute Gasteiger partial charge is 0.396 e. The van der Waals surface area contributed by atoms with Gasteiger partial charge in [-0.1, -0.05) is 97.8 Å². The molecule has 30 heavy (non-hydrogen) atoms. The molecule has 0 radical (unpaired) electrons. The number of hydrogen-bond donors (Lipinski definition) is 1. The van der Waals surface area contributed by atoms with E-state index in [1.54, 1.807) is 12.8 Å². The summed E-state index contributed by atoms with van der Waals surface area (Å²) in [6, 6.07) is 0. The third kappa shape index (κ3) is 6.98. The van der Waals surface area contributed by atoms with E-state index in [1.807, 2.05) is 0 Å². The molecule has 3 aliphatic rings. The first kappa shape index (κ1) is 24.6. The highest BCUT2D eigenvalue weighted by Crippen LogP contribution is 2.50. The minimum absolute atomic E-state index is 0.383. The average molecular weight is 419 g/mol. The Labute approximate surface area is 189 Å². The first-order valence-corrected chi connectivity index (χ1v) is 14.2. The Morgan fingerprint density at radius 2 is 1.10 bits per heavy atom. The van der Waals surface area contributed by atoms with Gasteiger partial charge in [-0.3, -0.25) is 0 Å². The zero-order chi connectivity index (χ0) is 21.3. The third-order valence-electron chi connectivity index (χ3n) is 10.0. The lowest BCUT2D eigenvalue weighted by atomic mass is 9.59. The molecule has 0 aromatic rings. The third-order valence-corrected chi connectivity index (χ3v) is 10.0. The van der Waals surface area contributed by atoms with Crippen LogP contribution in [0.3, 0.4) is 0 Å². The normalized spacial score (nSPS) is 40.4. The number of unbranched alkanes of at least 4 members (excludes halogenated alkanes) is 1. The summed E-state index contributed by atoms with van der Waals surface area (Å²) in [5.41, 5.74) is 0. The van der Waals surface area contributed by atoms with Crippen molar-refractivity contribution < 1.29 is 5.11 Å². The number of rotatable bonds is 10. The lowest BCUT2D eigenvalue weighted by molar-refractivity contribution is 0.0374. The quantitative estimate of drug-likeness (QED) is 0.352. The fraction of sp³-hybridized carbons (Fsp3) is 1.00. The van der Waals surface area contributed by atoms with Gasteiger partial charge in [-0.25, -0.2) is 0 Å². The van der Waals surface area contributed by atoms with Crippen LogP contribution in [-0.2, 0) is 0 Å². The van der Waals surface area contributed by atoms with E-state index < -0.39 is 0 Å². The highest BCUT2D eigenvalue weighted by atomic mass is 16.2. The van der Waals surface area contributed by atoms with Crippen molar-refractivity contribution in [2.24, 2.45) is 47.3 Å². The van der Waals surface area contributed by atoms with Gasteiger partial charge in [0.2, 0.25) is 0 Å². The lowest BCUT2D eigenvalue weighted by Gasteiger charge is -2.46. The van der Waals surface area contributed by atoms with Crippen LogP contribution in [0, 0.1) is 47.3 Å². The van der Waals surface area contributed by atoms with Crippen LogP contribution in [0.15, 0.2) is 0 Å². The second-order valence-electron chi connectivity index (χ2n) is 11.9. The van der Waals surface area contributed by atoms with Crippen molar-refractivity contribution >= 4 is 0 Å². The summed E-state index contributed by atoms with van der Waals surface area (Å²) in [5.74, 6) is 8.10. The highest BCUT2D eigenvalue weighted by molar-refractivity contribution is 4.90. The van der Waals surface area contributed by atoms with Crippen LogP contribution in [0.5, 0.6) is 0 Å². The maximum absolute atomic E-state index is 9.11. The Bertz CT molecular complexity index is 451. The fourth-order valence-electron chi connectivity index (χ4n) is 7.99. The average Bonchev–Trinajstić information content (AvgIpc) is 2.78. The van der Waals surface area contributed by atoms with Gasteiger partial charge in [0.15, 0.2) is 0 Å². The molecule has 1 N–H and O–H groups in total. The molecule has 6 unspecified atom stereocenters. The molecule has 0 aromatic carbocycles. The predicted molar refractivity (Wildman–Crippen MR) is 131 cm³/mol. The van der Waals surface area contributed by atoms with Crippen LogP contribution in [0.1, 0.15) is 130 Å². The Kier molecular flexibility index (Phi) is 10.5. The zero-order valence-corrected chi connectivity index (χ0v) is 20.8. The molecule has 0 aliphatic heterocycles. The smallest absolute Gasteiger partial charge is 0.0431 e. The summed E-state index contributed by atoms with van der Waals surface area (Å²) in [6.07, 6.45) is 24.7. The summed E-state index contributed by atoms with van der Waals surface area (Å²) in [4.78, 5) is 0. The minimum Gasteiger partial charge on any atom is -0.396 e. The van der Waals surface area contributed by atoms with Crippen molar-refractivity contribution in [1.29, 1.82) is 0 Å². The van der Waals surface area contributed by atoms with Crippen molar-refractivity contribution in [1.82, 2.24) is 0 Å². The maximum Gasteiger partial charge on any atom is 0.0431 e. The maximum atomic E-state index is 9.11. The molecule has 0 amide bonds. The molecule has 1 nitrogen and oxygen atoms in total. The van der Waals surface area contributed by atoms with E-state index in [9.17, 15) is 0 Å². The van der Waals surface area contributed by atoms with Gasteiger partial charge in [-0.05, 0) is 79.4 Å². The Morgan fingerprint density at radius 3 is 1.63 bits per heavy atom. The lowest BCUT2D eigenvalue weighted by Crippen LogP contribution is -2.37. The molecule has 3 fully saturated rings. The molecular formula is C29H54O. The highest BCUT2D eigenvalue weighted by Gasteiger charge is 2.40. The van der Waals surface area contributed by atoms with Crippen molar-refractivity contribution in [3.05, 3.63) is 0 Å². The minimum atomic E-state index is 0.383. The summed E-state index contributed by atoms with van der Waals surface area (Å²) in [7, 11) is 0. The number of aliphatic hydroxyl groups is 1. The Morgan fingerprint density at radius 1 is 0.600 bits per heavy atom. The molecule has 6 atom stereocenters. The molecule has 3 aliphatic carbocycles. The van der Waals surface area contributed by atoms with E-state index >= 15 is 0 Å². The topological polar surface area (TPSA) is 20.2 Å². The molecule has 0 bridgehead atoms. The van der Waals surface area contributed by atoms with E-state index in [0.717, 1.165) is 53.8 Å². The van der Waals surface area contributed by atoms with Crippen LogP contribution < -0.4 is 0 Å². The van der Waals surface area contributed by atoms with E-state index in [0.29, 0.717) is 6.61 Å². The second kappa shape index (κ2) is 12.9. The van der Waals surface area contributed by atoms with E-state index in [2.05, 4.69) is 20.8 Å². The summed E-state index contributed by atoms with van der Waals surface area (Å²) < 4.78 is 0. The van der Waals surface area contributed by atoms with Crippen LogP contribution in [0.25, 0.3) is 0 Å². The fourth-order valence-corrected chi connectivity index (χ4v) is 7.99. The molecule has 0 spiro atoms. The molecule has 0 saturated heterocycles. The zero-order valence-electron chi connectivity index (χ0n) is 20.8. The summed E-state index contributed by atoms with van der Waals surface area (Å²) in [6.45, 7) is 7.79.